The van der Waals surface area contributed by atoms with Crippen LogP contribution in [0.4, 0.5) is 0 Å². The highest BCUT2D eigenvalue weighted by atomic mass is 32.1. The van der Waals surface area contributed by atoms with Gasteiger partial charge >= 0.3 is 0 Å². The van der Waals surface area contributed by atoms with E-state index in [1.54, 1.807) is 0 Å². The van der Waals surface area contributed by atoms with Gasteiger partial charge in [-0.25, -0.2) is 0 Å². The first kappa shape index (κ1) is 42.7. The Morgan fingerprint density at radius 3 is 0.950 bits per heavy atom. The predicted molar refractivity (Wildman–Crippen MR) is 272 cm³/mol. The van der Waals surface area contributed by atoms with Crippen LogP contribution in [0.5, 0.6) is 0 Å². The van der Waals surface area contributed by atoms with Crippen LogP contribution < -0.4 is 0 Å². The number of rotatable bonds is 24. The molecule has 0 amide bonds. The van der Waals surface area contributed by atoms with Crippen molar-refractivity contribution in [3.05, 3.63) is 119 Å². The van der Waals surface area contributed by atoms with Crippen LogP contribution in [0.3, 0.4) is 0 Å². The lowest BCUT2D eigenvalue weighted by Gasteiger charge is -2.12. The van der Waals surface area contributed by atoms with Gasteiger partial charge in [-0.3, -0.25) is 0 Å². The third-order valence-electron chi connectivity index (χ3n) is 13.3. The van der Waals surface area contributed by atoms with E-state index in [-0.39, 0.29) is 0 Å². The molecule has 0 saturated carbocycles. The zero-order valence-electron chi connectivity index (χ0n) is 36.8. The summed E-state index contributed by atoms with van der Waals surface area (Å²) in [5.41, 5.74) is 2.68. The normalized spacial score (nSPS) is 12.0. The summed E-state index contributed by atoms with van der Waals surface area (Å²) >= 11 is 3.98. The second-order valence-corrected chi connectivity index (χ2v) is 20.2. The Morgan fingerprint density at radius 1 is 0.283 bits per heavy atom. The Labute approximate surface area is 369 Å². The molecule has 0 aliphatic carbocycles. The minimum Gasteiger partial charge on any atom is -0.140 e. The summed E-state index contributed by atoms with van der Waals surface area (Å²) in [6, 6.07) is 42.6. The topological polar surface area (TPSA) is 0 Å². The van der Waals surface area contributed by atoms with Crippen molar-refractivity contribution in [2.45, 2.75) is 155 Å². The molecule has 0 atom stereocenters. The van der Waals surface area contributed by atoms with E-state index in [0.717, 1.165) is 0 Å². The highest BCUT2D eigenvalue weighted by Gasteiger charge is 2.12. The smallest absolute Gasteiger partial charge is 0.0345 e. The van der Waals surface area contributed by atoms with Gasteiger partial charge in [0.2, 0.25) is 0 Å². The molecule has 0 N–H and O–H groups in total. The van der Waals surface area contributed by atoms with Crippen molar-refractivity contribution in [3.63, 3.8) is 0 Å². The van der Waals surface area contributed by atoms with Crippen molar-refractivity contribution in [2.75, 3.05) is 0 Å². The molecule has 0 spiro atoms. The number of benzene rings is 6. The van der Waals surface area contributed by atoms with Crippen LogP contribution in [-0.2, 0) is 12.8 Å². The second kappa shape index (κ2) is 21.7. The molecule has 2 heteroatoms. The average molecular weight is 829 g/mol. The molecule has 6 aromatic carbocycles. The summed E-state index contributed by atoms with van der Waals surface area (Å²) in [6.45, 7) is 4.60. The molecule has 0 radical (unpaired) electrons. The highest BCUT2D eigenvalue weighted by molar-refractivity contribution is 7.15. The molecule has 60 heavy (non-hydrogen) atoms. The van der Waals surface area contributed by atoms with E-state index in [2.05, 4.69) is 123 Å². The van der Waals surface area contributed by atoms with Gasteiger partial charge < -0.3 is 0 Å². The van der Waals surface area contributed by atoms with Crippen LogP contribution >= 0.6 is 22.7 Å². The maximum Gasteiger partial charge on any atom is 0.0345 e. The van der Waals surface area contributed by atoms with Crippen LogP contribution in [0.2, 0.25) is 0 Å². The Bertz CT molecular complexity index is 2420. The third kappa shape index (κ3) is 10.5. The summed E-state index contributed by atoms with van der Waals surface area (Å²) in [5.74, 6) is 0. The van der Waals surface area contributed by atoms with Gasteiger partial charge in [0.1, 0.15) is 0 Å². The van der Waals surface area contributed by atoms with E-state index in [4.69, 9.17) is 0 Å². The average Bonchev–Trinajstić information content (AvgIpc) is 3.97. The summed E-state index contributed by atoms with van der Waals surface area (Å²) in [7, 11) is 0. The Kier molecular flexibility index (Phi) is 15.4. The lowest BCUT2D eigenvalue weighted by atomic mass is 9.92. The number of thiophene rings is 2. The van der Waals surface area contributed by atoms with E-state index in [0.29, 0.717) is 0 Å². The number of hydrogen-bond acceptors (Lipinski definition) is 2. The maximum absolute atomic E-state index is 2.41. The Hall–Kier alpha value is -3.98. The Morgan fingerprint density at radius 2 is 0.583 bits per heavy atom. The van der Waals surface area contributed by atoms with E-state index >= 15 is 0 Å². The number of aryl methyl sites for hydroxylation is 2. The van der Waals surface area contributed by atoms with Crippen molar-refractivity contribution < 1.29 is 0 Å². The molecular weight excluding hydrogens is 761 g/mol. The molecule has 8 rings (SSSR count). The highest BCUT2D eigenvalue weighted by Crippen LogP contribution is 2.40. The molecule has 8 aromatic rings. The fourth-order valence-electron chi connectivity index (χ4n) is 9.73. The zero-order chi connectivity index (χ0) is 40.9. The van der Waals surface area contributed by atoms with Gasteiger partial charge in [0.05, 0.1) is 0 Å². The zero-order valence-corrected chi connectivity index (χ0v) is 38.4. The van der Waals surface area contributed by atoms with Crippen molar-refractivity contribution in [3.8, 4) is 20.9 Å². The molecular formula is C58H68S2. The Balaban J connectivity index is 0.902. The third-order valence-corrected chi connectivity index (χ3v) is 15.7. The summed E-state index contributed by atoms with van der Waals surface area (Å²) in [6.07, 6.45) is 30.3. The molecule has 0 nitrogen and oxygen atoms in total. The van der Waals surface area contributed by atoms with Crippen LogP contribution in [0, 0.1) is 0 Å². The van der Waals surface area contributed by atoms with Crippen LogP contribution in [0.15, 0.2) is 109 Å². The van der Waals surface area contributed by atoms with Gasteiger partial charge in [-0.15, -0.1) is 22.7 Å². The van der Waals surface area contributed by atoms with Gasteiger partial charge in [-0.05, 0) is 127 Å². The van der Waals surface area contributed by atoms with Crippen molar-refractivity contribution in [2.24, 2.45) is 0 Å². The van der Waals surface area contributed by atoms with E-state index < -0.39 is 0 Å². The maximum atomic E-state index is 2.41. The molecule has 0 saturated heterocycles. The molecule has 0 unspecified atom stereocenters. The molecule has 0 aliphatic rings. The van der Waals surface area contributed by atoms with E-state index in [1.165, 1.54) is 226 Å². The van der Waals surface area contributed by atoms with Gasteiger partial charge in [0.25, 0.3) is 0 Å². The fourth-order valence-corrected chi connectivity index (χ4v) is 11.8. The molecule has 0 bridgehead atoms. The first-order valence-corrected chi connectivity index (χ1v) is 25.8. The number of unbranched alkanes of at least 4 members (excludes halogenated alkanes) is 18. The van der Waals surface area contributed by atoms with Crippen molar-refractivity contribution in [1.29, 1.82) is 0 Å². The molecule has 312 valence electrons. The van der Waals surface area contributed by atoms with Crippen LogP contribution in [-0.4, -0.2) is 0 Å². The largest absolute Gasteiger partial charge is 0.140 e. The minimum absolute atomic E-state index is 1.22. The second-order valence-electron chi connectivity index (χ2n) is 17.8. The monoisotopic (exact) mass is 828 g/mol. The minimum atomic E-state index is 1.22. The van der Waals surface area contributed by atoms with Crippen molar-refractivity contribution >= 4 is 76.5 Å². The number of hydrogen-bond donors (Lipinski definition) is 0. The summed E-state index contributed by atoms with van der Waals surface area (Å²) in [4.78, 5) is 5.84. The quantitative estimate of drug-likeness (QED) is 0.0420. The fraction of sp³-hybridized carbons (Fsp3) is 0.414. The summed E-state index contributed by atoms with van der Waals surface area (Å²) in [5, 5.41) is 13.4. The van der Waals surface area contributed by atoms with E-state index in [9.17, 15) is 0 Å². The van der Waals surface area contributed by atoms with Gasteiger partial charge in [0, 0.05) is 19.5 Å². The molecule has 2 aromatic heterocycles. The molecule has 0 aliphatic heterocycles. The lowest BCUT2D eigenvalue weighted by molar-refractivity contribution is 0.557. The standard InChI is InChI=1S/C58H68S2/c1-3-5-7-9-11-13-15-17-19-21-23-47-29-39-57(59-47)45-27-31-49-43(41-45)25-33-53-51(49)35-37-56-54-34-26-44-42-46(28-32-50(44)52(54)36-38-55(53)56)58-40-30-48(60-58)24-22-20-18-16-14-12-10-8-6-4-2/h25-42H,3-24H2,1-2H3. The van der Waals surface area contributed by atoms with E-state index in [1.807, 2.05) is 22.7 Å². The lowest BCUT2D eigenvalue weighted by Crippen LogP contribution is -1.85. The SMILES string of the molecule is CCCCCCCCCCCCc1ccc(-c2ccc3c(ccc4c3ccc3c5ccc6cc(-c7ccc(CCCCCCCCCCCC)s7)ccc6c5ccc43)c2)s1. The predicted octanol–water partition coefficient (Wildman–Crippen LogP) is 19.8. The van der Waals surface area contributed by atoms with Gasteiger partial charge in [-0.2, -0.15) is 0 Å². The van der Waals surface area contributed by atoms with Crippen molar-refractivity contribution in [1.82, 2.24) is 0 Å². The van der Waals surface area contributed by atoms with Crippen LogP contribution in [0.1, 0.15) is 152 Å². The first-order valence-electron chi connectivity index (χ1n) is 24.1. The molecule has 0 fully saturated rings. The van der Waals surface area contributed by atoms with Gasteiger partial charge in [-0.1, -0.05) is 202 Å². The summed E-state index contributed by atoms with van der Waals surface area (Å²) < 4.78 is 0. The van der Waals surface area contributed by atoms with Gasteiger partial charge in [0.15, 0.2) is 0 Å². The van der Waals surface area contributed by atoms with Crippen LogP contribution in [0.25, 0.3) is 74.7 Å². The molecule has 2 heterocycles. The number of fused-ring (bicyclic) bond motifs is 9. The first-order chi connectivity index (χ1) is 29.7.